The molecule has 0 radical (unpaired) electrons. The minimum absolute atomic E-state index is 0.117. The molecule has 0 saturated carbocycles. The first-order valence-electron chi connectivity index (χ1n) is 7.36. The molecule has 0 spiro atoms. The van der Waals surface area contributed by atoms with Gasteiger partial charge >= 0.3 is 12.4 Å². The molecule has 140 valence electrons. The van der Waals surface area contributed by atoms with Crippen LogP contribution in [-0.2, 0) is 12.4 Å². The van der Waals surface area contributed by atoms with Crippen molar-refractivity contribution in [3.63, 3.8) is 0 Å². The second-order valence-electron chi connectivity index (χ2n) is 5.73. The fourth-order valence-electron chi connectivity index (χ4n) is 2.84. The van der Waals surface area contributed by atoms with E-state index >= 15 is 0 Å². The van der Waals surface area contributed by atoms with E-state index in [1.807, 2.05) is 0 Å². The van der Waals surface area contributed by atoms with Crippen molar-refractivity contribution in [1.82, 2.24) is 18.7 Å². The van der Waals surface area contributed by atoms with E-state index in [1.165, 1.54) is 24.4 Å². The van der Waals surface area contributed by atoms with E-state index < -0.39 is 29.3 Å². The molecule has 0 aliphatic rings. The van der Waals surface area contributed by atoms with Gasteiger partial charge in [0, 0.05) is 28.9 Å². The Bertz CT molecular complexity index is 1170. The number of fused-ring (bicyclic) bond motifs is 2. The van der Waals surface area contributed by atoms with Gasteiger partial charge in [0.25, 0.3) is 0 Å². The number of aromatic nitrogens is 4. The van der Waals surface area contributed by atoms with Gasteiger partial charge < -0.3 is 0 Å². The lowest BCUT2D eigenvalue weighted by Gasteiger charge is -2.09. The molecule has 3 aromatic heterocycles. The Hall–Kier alpha value is -2.75. The second kappa shape index (κ2) is 5.62. The van der Waals surface area contributed by atoms with Gasteiger partial charge in [0.15, 0.2) is 5.69 Å². The molecule has 0 aliphatic carbocycles. The summed E-state index contributed by atoms with van der Waals surface area (Å²) in [5.41, 5.74) is -2.59. The molecule has 1 aromatic carbocycles. The number of halogens is 7. The summed E-state index contributed by atoms with van der Waals surface area (Å²) in [4.78, 5) is 3.41. The standard InChI is InChI=1S/C16H7ClF6N4/c17-27-11-2-1-8(5-9(11)7-24-27)13-14(16(21,22)23)25-12-6-10(15(18,19)20)3-4-26(12)13/h1-7H. The molecule has 4 aromatic rings. The summed E-state index contributed by atoms with van der Waals surface area (Å²) in [6, 6.07) is 5.53. The first kappa shape index (κ1) is 17.7. The summed E-state index contributed by atoms with van der Waals surface area (Å²) in [6.07, 6.45) is -7.26. The van der Waals surface area contributed by atoms with Crippen molar-refractivity contribution < 1.29 is 26.3 Å². The minimum Gasteiger partial charge on any atom is -0.299 e. The predicted octanol–water partition coefficient (Wildman–Crippen LogP) is 5.39. The molecule has 0 atom stereocenters. The summed E-state index contributed by atoms with van der Waals surface area (Å²) in [7, 11) is 0. The van der Waals surface area contributed by atoms with Crippen LogP contribution < -0.4 is 0 Å². The molecule has 0 saturated heterocycles. The van der Waals surface area contributed by atoms with Crippen LogP contribution in [0, 0.1) is 0 Å². The summed E-state index contributed by atoms with van der Waals surface area (Å²) >= 11 is 5.81. The summed E-state index contributed by atoms with van der Waals surface area (Å²) < 4.78 is 81.1. The highest BCUT2D eigenvalue weighted by atomic mass is 35.5. The average molecular weight is 405 g/mol. The van der Waals surface area contributed by atoms with Crippen LogP contribution in [0.5, 0.6) is 0 Å². The van der Waals surface area contributed by atoms with Crippen molar-refractivity contribution >= 4 is 28.3 Å². The fourth-order valence-corrected chi connectivity index (χ4v) is 3.04. The minimum atomic E-state index is -4.86. The smallest absolute Gasteiger partial charge is 0.299 e. The third kappa shape index (κ3) is 2.89. The Labute approximate surface area is 151 Å². The highest BCUT2D eigenvalue weighted by molar-refractivity contribution is 6.18. The Morgan fingerprint density at radius 3 is 2.33 bits per heavy atom. The first-order chi connectivity index (χ1) is 12.6. The van der Waals surface area contributed by atoms with Crippen LogP contribution in [-0.4, -0.2) is 18.7 Å². The van der Waals surface area contributed by atoms with E-state index in [0.29, 0.717) is 23.0 Å². The van der Waals surface area contributed by atoms with E-state index in [-0.39, 0.29) is 11.3 Å². The predicted molar refractivity (Wildman–Crippen MR) is 85.2 cm³/mol. The van der Waals surface area contributed by atoms with E-state index in [0.717, 1.165) is 14.8 Å². The Kier molecular flexibility index (Phi) is 3.68. The number of benzene rings is 1. The summed E-state index contributed by atoms with van der Waals surface area (Å²) in [5, 5.41) is 4.27. The highest BCUT2D eigenvalue weighted by Crippen LogP contribution is 2.39. The molecule has 27 heavy (non-hydrogen) atoms. The topological polar surface area (TPSA) is 35.1 Å². The molecule has 0 unspecified atom stereocenters. The molecule has 0 aliphatic heterocycles. The largest absolute Gasteiger partial charge is 0.435 e. The normalized spacial score (nSPS) is 13.0. The fraction of sp³-hybridized carbons (Fsp3) is 0.125. The van der Waals surface area contributed by atoms with Crippen molar-refractivity contribution in [2.24, 2.45) is 0 Å². The van der Waals surface area contributed by atoms with Crippen molar-refractivity contribution in [3.05, 3.63) is 54.0 Å². The Morgan fingerprint density at radius 2 is 1.67 bits per heavy atom. The maximum atomic E-state index is 13.5. The van der Waals surface area contributed by atoms with Gasteiger partial charge in [-0.05, 0) is 24.3 Å². The van der Waals surface area contributed by atoms with E-state index in [9.17, 15) is 26.3 Å². The zero-order valence-electron chi connectivity index (χ0n) is 13.0. The van der Waals surface area contributed by atoms with Gasteiger partial charge in [-0.1, -0.05) is 6.07 Å². The molecule has 4 rings (SSSR count). The van der Waals surface area contributed by atoms with E-state index in [4.69, 9.17) is 11.8 Å². The lowest BCUT2D eigenvalue weighted by atomic mass is 10.1. The molecular weight excluding hydrogens is 398 g/mol. The Balaban J connectivity index is 2.01. The van der Waals surface area contributed by atoms with Crippen LogP contribution in [0.1, 0.15) is 11.3 Å². The van der Waals surface area contributed by atoms with Crippen molar-refractivity contribution in [2.45, 2.75) is 12.4 Å². The van der Waals surface area contributed by atoms with Gasteiger partial charge in [-0.15, -0.1) is 0 Å². The van der Waals surface area contributed by atoms with Crippen LogP contribution >= 0.6 is 11.8 Å². The maximum Gasteiger partial charge on any atom is 0.435 e. The van der Waals surface area contributed by atoms with Crippen LogP contribution in [0.15, 0.2) is 42.7 Å². The number of nitrogens with zero attached hydrogens (tertiary/aromatic N) is 4. The Morgan fingerprint density at radius 1 is 0.926 bits per heavy atom. The van der Waals surface area contributed by atoms with Gasteiger partial charge in [-0.3, -0.25) is 4.40 Å². The van der Waals surface area contributed by atoms with Crippen molar-refractivity contribution in [3.8, 4) is 11.3 Å². The van der Waals surface area contributed by atoms with Gasteiger partial charge in [-0.2, -0.15) is 35.6 Å². The summed E-state index contributed by atoms with van der Waals surface area (Å²) in [5.74, 6) is 0. The lowest BCUT2D eigenvalue weighted by Crippen LogP contribution is -2.07. The first-order valence-corrected chi connectivity index (χ1v) is 7.70. The molecule has 4 nitrogen and oxygen atoms in total. The third-order valence-electron chi connectivity index (χ3n) is 4.02. The van der Waals surface area contributed by atoms with Gasteiger partial charge in [0.05, 0.1) is 23.0 Å². The zero-order valence-corrected chi connectivity index (χ0v) is 13.7. The second-order valence-corrected chi connectivity index (χ2v) is 6.05. The lowest BCUT2D eigenvalue weighted by molar-refractivity contribution is -0.140. The van der Waals surface area contributed by atoms with Crippen molar-refractivity contribution in [2.75, 3.05) is 0 Å². The van der Waals surface area contributed by atoms with Crippen LogP contribution in [0.3, 0.4) is 0 Å². The number of alkyl halides is 6. The number of imidazole rings is 1. The molecule has 3 heterocycles. The van der Waals surface area contributed by atoms with E-state index in [2.05, 4.69) is 10.1 Å². The molecule has 0 fully saturated rings. The molecular formula is C16H7ClF6N4. The monoisotopic (exact) mass is 404 g/mol. The van der Waals surface area contributed by atoms with Gasteiger partial charge in [0.1, 0.15) is 5.65 Å². The molecule has 0 N–H and O–H groups in total. The molecule has 0 bridgehead atoms. The maximum absolute atomic E-state index is 13.5. The quantitative estimate of drug-likeness (QED) is 0.399. The highest BCUT2D eigenvalue weighted by Gasteiger charge is 2.39. The molecule has 11 heteroatoms. The van der Waals surface area contributed by atoms with Crippen LogP contribution in [0.4, 0.5) is 26.3 Å². The SMILES string of the molecule is FC(F)(F)c1ccn2c(-c3ccc4c(cnn4Cl)c3)c(C(F)(F)F)nc2c1. The average Bonchev–Trinajstić information content (AvgIpc) is 3.14. The van der Waals surface area contributed by atoms with Crippen LogP contribution in [0.2, 0.25) is 0 Å². The summed E-state index contributed by atoms with van der Waals surface area (Å²) in [6.45, 7) is 0. The zero-order chi connectivity index (χ0) is 19.6. The number of pyridine rings is 1. The van der Waals surface area contributed by atoms with Crippen LogP contribution in [0.25, 0.3) is 27.8 Å². The number of hydrogen-bond acceptors (Lipinski definition) is 2. The number of hydrogen-bond donors (Lipinski definition) is 0. The van der Waals surface area contributed by atoms with Gasteiger partial charge in [0.2, 0.25) is 0 Å². The van der Waals surface area contributed by atoms with Gasteiger partial charge in [-0.25, -0.2) is 4.98 Å². The molecule has 0 amide bonds. The van der Waals surface area contributed by atoms with E-state index in [1.54, 1.807) is 0 Å². The third-order valence-corrected chi connectivity index (χ3v) is 4.29. The number of rotatable bonds is 1. The van der Waals surface area contributed by atoms with Crippen molar-refractivity contribution in [1.29, 1.82) is 0 Å².